The predicted octanol–water partition coefficient (Wildman–Crippen LogP) is 0.618. The van der Waals surface area contributed by atoms with Crippen LogP contribution in [0.1, 0.15) is 26.2 Å². The van der Waals surface area contributed by atoms with E-state index < -0.39 is 15.8 Å². The number of hydrogen-bond acceptors (Lipinski definition) is 3. The summed E-state index contributed by atoms with van der Waals surface area (Å²) in [4.78, 5) is 0. The monoisotopic (exact) mass is 202 g/mol. The first-order chi connectivity index (χ1) is 6.03. The quantitative estimate of drug-likeness (QED) is 0.710. The second-order valence-corrected chi connectivity index (χ2v) is 5.37. The zero-order valence-electron chi connectivity index (χ0n) is 7.66. The van der Waals surface area contributed by atoms with Gasteiger partial charge >= 0.3 is 0 Å². The smallest absolute Gasteiger partial charge is 0.212 e. The highest BCUT2D eigenvalue weighted by Gasteiger charge is 2.25. The van der Waals surface area contributed by atoms with Crippen LogP contribution in [0.3, 0.4) is 0 Å². The summed E-state index contributed by atoms with van der Waals surface area (Å²) in [5.41, 5.74) is 0. The van der Waals surface area contributed by atoms with Crippen molar-refractivity contribution in [3.63, 3.8) is 0 Å². The van der Waals surface area contributed by atoms with Gasteiger partial charge < -0.3 is 0 Å². The Labute approximate surface area is 79.0 Å². The third kappa shape index (κ3) is 4.25. The number of nitrogens with zero attached hydrogens (tertiary/aromatic N) is 1. The van der Waals surface area contributed by atoms with Gasteiger partial charge in [-0.05, 0) is 19.3 Å². The molecule has 0 spiro atoms. The molecule has 0 amide bonds. The first kappa shape index (κ1) is 10.5. The highest BCUT2D eigenvalue weighted by molar-refractivity contribution is 7.89. The van der Waals surface area contributed by atoms with E-state index >= 15 is 0 Å². The number of hydrogen-bond donors (Lipinski definition) is 1. The van der Waals surface area contributed by atoms with Gasteiger partial charge in [-0.1, -0.05) is 12.8 Å². The average molecular weight is 202 g/mol. The van der Waals surface area contributed by atoms with E-state index in [9.17, 15) is 8.42 Å². The molecule has 0 aromatic carbocycles. The van der Waals surface area contributed by atoms with Crippen LogP contribution in [0.25, 0.3) is 0 Å². The molecular weight excluding hydrogens is 188 g/mol. The van der Waals surface area contributed by atoms with Crippen LogP contribution in [-0.2, 0) is 10.0 Å². The summed E-state index contributed by atoms with van der Waals surface area (Å²) in [6.07, 6.45) is 3.32. The van der Waals surface area contributed by atoms with E-state index in [2.05, 4.69) is 4.72 Å². The van der Waals surface area contributed by atoms with E-state index in [-0.39, 0.29) is 6.04 Å². The maximum absolute atomic E-state index is 11.1. The Morgan fingerprint density at radius 1 is 1.62 bits per heavy atom. The van der Waals surface area contributed by atoms with Crippen molar-refractivity contribution in [1.29, 1.82) is 5.26 Å². The second-order valence-electron chi connectivity index (χ2n) is 3.62. The first-order valence-electron chi connectivity index (χ1n) is 4.40. The Kier molecular flexibility index (Phi) is 3.28. The zero-order valence-corrected chi connectivity index (χ0v) is 8.47. The van der Waals surface area contributed by atoms with Crippen LogP contribution in [0.4, 0.5) is 0 Å². The van der Waals surface area contributed by atoms with Gasteiger partial charge in [0.1, 0.15) is 0 Å². The average Bonchev–Trinajstić information content (AvgIpc) is 2.68. The molecule has 5 heteroatoms. The number of nitrogens with one attached hydrogen (secondary N) is 1. The lowest BCUT2D eigenvalue weighted by Crippen LogP contribution is -2.34. The molecule has 1 N–H and O–H groups in total. The summed E-state index contributed by atoms with van der Waals surface area (Å²) in [5, 5.41) is 8.24. The van der Waals surface area contributed by atoms with Gasteiger partial charge in [0.25, 0.3) is 0 Å². The van der Waals surface area contributed by atoms with Crippen LogP contribution in [0.15, 0.2) is 0 Å². The second kappa shape index (κ2) is 4.07. The van der Waals surface area contributed by atoms with E-state index in [0.717, 1.165) is 6.42 Å². The first-order valence-corrected chi connectivity index (χ1v) is 6.05. The summed E-state index contributed by atoms with van der Waals surface area (Å²) < 4.78 is 24.7. The standard InChI is InChI=1S/C8H14N2O2S/c1-7(6-8-2-3-8)10-13(11,12)5-4-9/h7-8,10H,2-3,5-6H2,1H3. The summed E-state index contributed by atoms with van der Waals surface area (Å²) in [6, 6.07) is 1.60. The van der Waals surface area contributed by atoms with Crippen molar-refractivity contribution in [3.8, 4) is 6.07 Å². The van der Waals surface area contributed by atoms with Crippen LogP contribution in [-0.4, -0.2) is 20.2 Å². The molecule has 0 saturated heterocycles. The summed E-state index contributed by atoms with van der Waals surface area (Å²) in [5.74, 6) is 0.252. The van der Waals surface area contributed by atoms with Gasteiger partial charge in [-0.3, -0.25) is 0 Å². The van der Waals surface area contributed by atoms with Crippen LogP contribution < -0.4 is 4.72 Å². The van der Waals surface area contributed by atoms with E-state index in [1.165, 1.54) is 12.8 Å². The number of nitriles is 1. The molecule has 13 heavy (non-hydrogen) atoms. The molecular formula is C8H14N2O2S. The van der Waals surface area contributed by atoms with Crippen LogP contribution in [0, 0.1) is 17.2 Å². The molecule has 0 aliphatic heterocycles. The lowest BCUT2D eigenvalue weighted by molar-refractivity contribution is 0.532. The van der Waals surface area contributed by atoms with Gasteiger partial charge in [0.2, 0.25) is 10.0 Å². The normalized spacial score (nSPS) is 19.4. The van der Waals surface area contributed by atoms with Crippen molar-refractivity contribution in [3.05, 3.63) is 0 Å². The fourth-order valence-corrected chi connectivity index (χ4v) is 2.30. The SMILES string of the molecule is CC(CC1CC1)NS(=O)(=O)CC#N. The van der Waals surface area contributed by atoms with Crippen molar-refractivity contribution in [2.45, 2.75) is 32.2 Å². The van der Waals surface area contributed by atoms with Gasteiger partial charge in [-0.2, -0.15) is 5.26 Å². The van der Waals surface area contributed by atoms with Crippen molar-refractivity contribution < 1.29 is 8.42 Å². The minimum absolute atomic E-state index is 0.0363. The highest BCUT2D eigenvalue weighted by atomic mass is 32.2. The molecule has 1 aliphatic rings. The number of rotatable bonds is 5. The van der Waals surface area contributed by atoms with Gasteiger partial charge in [0.05, 0.1) is 6.07 Å². The molecule has 1 aliphatic carbocycles. The Bertz CT molecular complexity index is 301. The molecule has 0 heterocycles. The summed E-state index contributed by atoms with van der Waals surface area (Å²) in [6.45, 7) is 1.84. The predicted molar refractivity (Wildman–Crippen MR) is 49.3 cm³/mol. The minimum Gasteiger partial charge on any atom is -0.212 e. The van der Waals surface area contributed by atoms with Gasteiger partial charge in [-0.25, -0.2) is 13.1 Å². The van der Waals surface area contributed by atoms with Crippen LogP contribution in [0.5, 0.6) is 0 Å². The molecule has 4 nitrogen and oxygen atoms in total. The Balaban J connectivity index is 2.33. The zero-order chi connectivity index (χ0) is 9.90. The molecule has 1 fully saturated rings. The van der Waals surface area contributed by atoms with E-state index in [0.29, 0.717) is 5.92 Å². The lowest BCUT2D eigenvalue weighted by Gasteiger charge is -2.11. The van der Waals surface area contributed by atoms with Gasteiger partial charge in [0, 0.05) is 6.04 Å². The molecule has 0 radical (unpaired) electrons. The molecule has 1 saturated carbocycles. The van der Waals surface area contributed by atoms with Crippen molar-refractivity contribution in [2.24, 2.45) is 5.92 Å². The van der Waals surface area contributed by atoms with Gasteiger partial charge in [0.15, 0.2) is 5.75 Å². The topological polar surface area (TPSA) is 70.0 Å². The molecule has 1 unspecified atom stereocenters. The fourth-order valence-electron chi connectivity index (χ4n) is 1.33. The Hall–Kier alpha value is -0.600. The Morgan fingerprint density at radius 2 is 2.23 bits per heavy atom. The molecule has 1 atom stereocenters. The molecule has 0 bridgehead atoms. The third-order valence-electron chi connectivity index (χ3n) is 2.02. The molecule has 74 valence electrons. The minimum atomic E-state index is -3.36. The molecule has 0 aromatic heterocycles. The fraction of sp³-hybridized carbons (Fsp3) is 0.875. The summed E-state index contributed by atoms with van der Waals surface area (Å²) in [7, 11) is -3.36. The van der Waals surface area contributed by atoms with Crippen molar-refractivity contribution in [1.82, 2.24) is 4.72 Å². The van der Waals surface area contributed by atoms with E-state index in [1.807, 2.05) is 6.92 Å². The van der Waals surface area contributed by atoms with Gasteiger partial charge in [-0.15, -0.1) is 0 Å². The maximum atomic E-state index is 11.1. The molecule has 1 rings (SSSR count). The lowest BCUT2D eigenvalue weighted by atomic mass is 10.2. The van der Waals surface area contributed by atoms with Crippen molar-refractivity contribution >= 4 is 10.0 Å². The van der Waals surface area contributed by atoms with Crippen molar-refractivity contribution in [2.75, 3.05) is 5.75 Å². The maximum Gasteiger partial charge on any atom is 0.225 e. The Morgan fingerprint density at radius 3 is 2.69 bits per heavy atom. The molecule has 0 aromatic rings. The summed E-state index contributed by atoms with van der Waals surface area (Å²) >= 11 is 0. The number of sulfonamides is 1. The van der Waals surface area contributed by atoms with Crippen LogP contribution in [0.2, 0.25) is 0 Å². The largest absolute Gasteiger partial charge is 0.225 e. The highest BCUT2D eigenvalue weighted by Crippen LogP contribution is 2.33. The third-order valence-corrected chi connectivity index (χ3v) is 3.29. The van der Waals surface area contributed by atoms with Crippen LogP contribution >= 0.6 is 0 Å². The van der Waals surface area contributed by atoms with E-state index in [1.54, 1.807) is 6.07 Å². The van der Waals surface area contributed by atoms with E-state index in [4.69, 9.17) is 5.26 Å².